The van der Waals surface area contributed by atoms with Gasteiger partial charge in [0.25, 0.3) is 0 Å². The molecule has 3 atom stereocenters. The van der Waals surface area contributed by atoms with E-state index in [9.17, 15) is 0 Å². The van der Waals surface area contributed by atoms with Crippen LogP contribution in [-0.4, -0.2) is 42.9 Å². The van der Waals surface area contributed by atoms with Gasteiger partial charge in [-0.05, 0) is 31.9 Å². The minimum Gasteiger partial charge on any atom is -0.374 e. The second-order valence-electron chi connectivity index (χ2n) is 5.62. The molecule has 1 aromatic heterocycles. The maximum absolute atomic E-state index is 5.99. The van der Waals surface area contributed by atoms with Crippen molar-refractivity contribution < 1.29 is 9.47 Å². The van der Waals surface area contributed by atoms with Crippen LogP contribution >= 0.6 is 11.3 Å². The Bertz CT molecular complexity index is 459. The second kappa shape index (κ2) is 6.39. The van der Waals surface area contributed by atoms with Crippen molar-refractivity contribution in [2.45, 2.75) is 44.6 Å². The molecule has 0 aromatic carbocycles. The Kier molecular flexibility index (Phi) is 4.56. The van der Waals surface area contributed by atoms with E-state index >= 15 is 0 Å². The van der Waals surface area contributed by atoms with Crippen molar-refractivity contribution in [2.24, 2.45) is 0 Å². The first-order valence-corrected chi connectivity index (χ1v) is 8.23. The maximum atomic E-state index is 5.99. The van der Waals surface area contributed by atoms with E-state index in [1.165, 1.54) is 16.2 Å². The number of thiophene rings is 1. The summed E-state index contributed by atoms with van der Waals surface area (Å²) in [5, 5.41) is 0. The first kappa shape index (κ1) is 14.3. The maximum Gasteiger partial charge on any atom is 0.0995 e. The molecule has 2 fully saturated rings. The van der Waals surface area contributed by atoms with Crippen LogP contribution in [0.25, 0.3) is 0 Å². The minimum atomic E-state index is 0.205. The predicted octanol–water partition coefficient (Wildman–Crippen LogP) is 2.99. The van der Waals surface area contributed by atoms with E-state index in [4.69, 9.17) is 9.47 Å². The average molecular weight is 293 g/mol. The molecule has 4 heteroatoms. The summed E-state index contributed by atoms with van der Waals surface area (Å²) in [5.74, 6) is 0. The summed E-state index contributed by atoms with van der Waals surface area (Å²) in [6.45, 7) is 9.38. The molecule has 0 radical (unpaired) electrons. The molecule has 0 amide bonds. The third-order valence-electron chi connectivity index (χ3n) is 4.23. The van der Waals surface area contributed by atoms with Gasteiger partial charge >= 0.3 is 0 Å². The molecule has 0 spiro atoms. The fraction of sp³-hybridized carbons (Fsp3) is 0.625. The van der Waals surface area contributed by atoms with Crippen LogP contribution in [0.15, 0.2) is 24.8 Å². The van der Waals surface area contributed by atoms with E-state index < -0.39 is 0 Å². The van der Waals surface area contributed by atoms with Gasteiger partial charge in [-0.2, -0.15) is 0 Å². The van der Waals surface area contributed by atoms with Crippen molar-refractivity contribution in [3.8, 4) is 0 Å². The van der Waals surface area contributed by atoms with Crippen molar-refractivity contribution in [1.29, 1.82) is 0 Å². The Morgan fingerprint density at radius 2 is 2.40 bits per heavy atom. The quantitative estimate of drug-likeness (QED) is 0.779. The molecule has 110 valence electrons. The highest BCUT2D eigenvalue weighted by Crippen LogP contribution is 2.33. The molecule has 0 N–H and O–H groups in total. The second-order valence-corrected chi connectivity index (χ2v) is 7.00. The summed E-state index contributed by atoms with van der Waals surface area (Å²) >= 11 is 1.89. The lowest BCUT2D eigenvalue weighted by atomic mass is 10.1. The fourth-order valence-corrected chi connectivity index (χ4v) is 4.25. The molecule has 2 heterocycles. The van der Waals surface area contributed by atoms with Crippen molar-refractivity contribution in [3.05, 3.63) is 34.5 Å². The Labute approximate surface area is 125 Å². The van der Waals surface area contributed by atoms with Gasteiger partial charge in [-0.25, -0.2) is 0 Å². The molecular formula is C16H23NO2S. The zero-order chi connectivity index (χ0) is 13.9. The molecule has 1 aromatic rings. The standard InChI is InChI=1S/C16H23NO2S/c1-3-9-19-16-14-6-7-15(16)18-10-8-17(14)11-13-5-4-12(2)20-13/h3-5,14-16H,1,6-11H2,2H3/t14-,15-,16-/m1/s1. The Hall–Kier alpha value is -0.680. The smallest absolute Gasteiger partial charge is 0.0995 e. The van der Waals surface area contributed by atoms with E-state index in [0.29, 0.717) is 12.6 Å². The van der Waals surface area contributed by atoms with E-state index in [1.54, 1.807) is 0 Å². The molecule has 0 unspecified atom stereocenters. The van der Waals surface area contributed by atoms with Gasteiger partial charge in [0.2, 0.25) is 0 Å². The van der Waals surface area contributed by atoms with Gasteiger partial charge < -0.3 is 9.47 Å². The van der Waals surface area contributed by atoms with E-state index in [1.807, 2.05) is 17.4 Å². The molecule has 2 bridgehead atoms. The van der Waals surface area contributed by atoms with Gasteiger partial charge in [0.1, 0.15) is 0 Å². The zero-order valence-corrected chi connectivity index (χ0v) is 12.9. The highest BCUT2D eigenvalue weighted by atomic mass is 32.1. The van der Waals surface area contributed by atoms with Crippen LogP contribution in [0.3, 0.4) is 0 Å². The van der Waals surface area contributed by atoms with Crippen molar-refractivity contribution >= 4 is 11.3 Å². The predicted molar refractivity (Wildman–Crippen MR) is 82.2 cm³/mol. The van der Waals surface area contributed by atoms with Crippen LogP contribution in [0.1, 0.15) is 22.6 Å². The molecule has 1 aliphatic carbocycles. The van der Waals surface area contributed by atoms with Gasteiger partial charge in [0.05, 0.1) is 25.4 Å². The summed E-state index contributed by atoms with van der Waals surface area (Å²) in [7, 11) is 0. The van der Waals surface area contributed by atoms with Crippen LogP contribution < -0.4 is 0 Å². The van der Waals surface area contributed by atoms with Crippen molar-refractivity contribution in [1.82, 2.24) is 4.90 Å². The van der Waals surface area contributed by atoms with Crippen LogP contribution in [0.5, 0.6) is 0 Å². The van der Waals surface area contributed by atoms with Crippen LogP contribution in [0.4, 0.5) is 0 Å². The lowest BCUT2D eigenvalue weighted by Gasteiger charge is -2.30. The first-order valence-electron chi connectivity index (χ1n) is 7.41. The lowest BCUT2D eigenvalue weighted by molar-refractivity contribution is -0.0447. The van der Waals surface area contributed by atoms with Crippen molar-refractivity contribution in [3.63, 3.8) is 0 Å². The largest absolute Gasteiger partial charge is 0.374 e. The Morgan fingerprint density at radius 3 is 3.15 bits per heavy atom. The molecule has 3 rings (SSSR count). The highest BCUT2D eigenvalue weighted by molar-refractivity contribution is 7.11. The molecular weight excluding hydrogens is 270 g/mol. The van der Waals surface area contributed by atoms with Crippen LogP contribution in [0, 0.1) is 6.92 Å². The number of ether oxygens (including phenoxy) is 2. The van der Waals surface area contributed by atoms with Crippen LogP contribution in [0.2, 0.25) is 0 Å². The lowest BCUT2D eigenvalue weighted by Crippen LogP contribution is -2.42. The number of hydrogen-bond acceptors (Lipinski definition) is 4. The molecule has 1 aliphatic heterocycles. The van der Waals surface area contributed by atoms with Gasteiger partial charge in [-0.3, -0.25) is 4.90 Å². The number of nitrogens with zero attached hydrogens (tertiary/aromatic N) is 1. The summed E-state index contributed by atoms with van der Waals surface area (Å²) in [6.07, 6.45) is 4.60. The topological polar surface area (TPSA) is 21.7 Å². The van der Waals surface area contributed by atoms with E-state index in [-0.39, 0.29) is 12.2 Å². The van der Waals surface area contributed by atoms with Crippen molar-refractivity contribution in [2.75, 3.05) is 19.8 Å². The van der Waals surface area contributed by atoms with Gasteiger partial charge in [0.15, 0.2) is 0 Å². The van der Waals surface area contributed by atoms with E-state index in [0.717, 1.165) is 26.1 Å². The van der Waals surface area contributed by atoms with Gasteiger partial charge in [0, 0.05) is 28.9 Å². The molecule has 1 saturated heterocycles. The third kappa shape index (κ3) is 2.98. The summed E-state index contributed by atoms with van der Waals surface area (Å²) < 4.78 is 12.0. The highest BCUT2D eigenvalue weighted by Gasteiger charge is 2.42. The molecule has 3 nitrogen and oxygen atoms in total. The molecule has 20 heavy (non-hydrogen) atoms. The Morgan fingerprint density at radius 1 is 1.50 bits per heavy atom. The molecule has 2 aliphatic rings. The summed E-state index contributed by atoms with van der Waals surface area (Å²) in [6, 6.07) is 4.94. The monoisotopic (exact) mass is 293 g/mol. The first-order chi connectivity index (χ1) is 9.78. The average Bonchev–Trinajstić information content (AvgIpc) is 2.95. The number of aryl methyl sites for hydroxylation is 1. The van der Waals surface area contributed by atoms with Crippen LogP contribution in [-0.2, 0) is 16.0 Å². The normalized spacial score (nSPS) is 30.4. The zero-order valence-electron chi connectivity index (χ0n) is 12.1. The number of fused-ring (bicyclic) bond motifs is 2. The SMILES string of the molecule is C=CCO[C@@H]1[C@H]2CC[C@H]1OCCN2Cc1ccc(C)s1. The minimum absolute atomic E-state index is 0.205. The number of hydrogen-bond donors (Lipinski definition) is 0. The fourth-order valence-electron chi connectivity index (χ4n) is 3.33. The summed E-state index contributed by atoms with van der Waals surface area (Å²) in [5.41, 5.74) is 0. The van der Waals surface area contributed by atoms with Gasteiger partial charge in [-0.1, -0.05) is 6.08 Å². The summed E-state index contributed by atoms with van der Waals surface area (Å²) in [4.78, 5) is 5.37. The van der Waals surface area contributed by atoms with E-state index in [2.05, 4.69) is 30.5 Å². The number of rotatable bonds is 5. The molecule has 1 saturated carbocycles. The Balaban J connectivity index is 1.71. The van der Waals surface area contributed by atoms with Gasteiger partial charge in [-0.15, -0.1) is 17.9 Å². The third-order valence-corrected chi connectivity index (χ3v) is 5.22.